The molecule has 138 valence electrons. The van der Waals surface area contributed by atoms with Crippen LogP contribution in [-0.4, -0.2) is 11.0 Å². The number of pyridine rings is 1. The Labute approximate surface area is 157 Å². The minimum absolute atomic E-state index is 0.224. The molecule has 27 heavy (non-hydrogen) atoms. The molecule has 0 saturated heterocycles. The Hall–Kier alpha value is -3.41. The van der Waals surface area contributed by atoms with Crippen LogP contribution in [0.5, 0.6) is 5.75 Å². The second kappa shape index (κ2) is 8.80. The summed E-state index contributed by atoms with van der Waals surface area (Å²) < 4.78 is 18.9. The van der Waals surface area contributed by atoms with Crippen molar-refractivity contribution in [2.45, 2.75) is 19.6 Å². The van der Waals surface area contributed by atoms with Gasteiger partial charge in [-0.15, -0.1) is 0 Å². The Balaban J connectivity index is 1.56. The largest absolute Gasteiger partial charge is 0.489 e. The molecule has 0 spiro atoms. The number of nitrogens with zero attached hydrogens (tertiary/aromatic N) is 1. The van der Waals surface area contributed by atoms with Gasteiger partial charge in [0.1, 0.15) is 18.2 Å². The maximum atomic E-state index is 13.2. The second-order valence-electron chi connectivity index (χ2n) is 6.02. The summed E-state index contributed by atoms with van der Waals surface area (Å²) in [6, 6.07) is 18.3. The van der Waals surface area contributed by atoms with Crippen LogP contribution in [0.4, 0.5) is 14.9 Å². The Bertz CT molecular complexity index is 903. The predicted octanol–water partition coefficient (Wildman–Crippen LogP) is 4.68. The molecular formula is C21H20FN3O2. The minimum Gasteiger partial charge on any atom is -0.489 e. The molecule has 1 unspecified atom stereocenters. The van der Waals surface area contributed by atoms with Gasteiger partial charge in [-0.2, -0.15) is 0 Å². The van der Waals surface area contributed by atoms with Gasteiger partial charge in [0.05, 0.1) is 11.7 Å². The summed E-state index contributed by atoms with van der Waals surface area (Å²) in [5.74, 6) is 0.278. The third kappa shape index (κ3) is 5.54. The number of aromatic nitrogens is 1. The highest BCUT2D eigenvalue weighted by atomic mass is 19.1. The number of amides is 2. The first-order chi connectivity index (χ1) is 13.1. The van der Waals surface area contributed by atoms with Crippen LogP contribution in [0.2, 0.25) is 0 Å². The Kier molecular flexibility index (Phi) is 5.99. The number of ether oxygens (including phenoxy) is 1. The number of anilines is 1. The lowest BCUT2D eigenvalue weighted by Gasteiger charge is -2.14. The van der Waals surface area contributed by atoms with Crippen LogP contribution >= 0.6 is 0 Å². The molecule has 1 aromatic heterocycles. The first-order valence-corrected chi connectivity index (χ1v) is 8.56. The molecule has 2 N–H and O–H groups in total. The SMILES string of the molecule is CC(NC(=O)Nc1cccc(OCc2cccc(F)c2)c1)c1ccccn1. The van der Waals surface area contributed by atoms with Crippen molar-refractivity contribution in [3.05, 3.63) is 90.0 Å². The molecule has 1 heterocycles. The Morgan fingerprint density at radius 1 is 1.11 bits per heavy atom. The van der Waals surface area contributed by atoms with Crippen molar-refractivity contribution >= 4 is 11.7 Å². The normalized spacial score (nSPS) is 11.5. The van der Waals surface area contributed by atoms with Crippen molar-refractivity contribution < 1.29 is 13.9 Å². The highest BCUT2D eigenvalue weighted by molar-refractivity contribution is 5.89. The van der Waals surface area contributed by atoms with Gasteiger partial charge in [0.2, 0.25) is 0 Å². The van der Waals surface area contributed by atoms with Gasteiger partial charge in [0.15, 0.2) is 0 Å². The van der Waals surface area contributed by atoms with E-state index in [1.807, 2.05) is 25.1 Å². The molecular weight excluding hydrogens is 345 g/mol. The highest BCUT2D eigenvalue weighted by Crippen LogP contribution is 2.19. The number of hydrogen-bond acceptors (Lipinski definition) is 3. The van der Waals surface area contributed by atoms with E-state index in [9.17, 15) is 9.18 Å². The van der Waals surface area contributed by atoms with Crippen LogP contribution in [0.3, 0.4) is 0 Å². The number of hydrogen-bond donors (Lipinski definition) is 2. The molecule has 6 heteroatoms. The van der Waals surface area contributed by atoms with Crippen LogP contribution < -0.4 is 15.4 Å². The molecule has 2 amide bonds. The molecule has 0 fully saturated rings. The first-order valence-electron chi connectivity index (χ1n) is 8.56. The van der Waals surface area contributed by atoms with Crippen LogP contribution in [0.25, 0.3) is 0 Å². The van der Waals surface area contributed by atoms with E-state index in [2.05, 4.69) is 15.6 Å². The van der Waals surface area contributed by atoms with E-state index in [-0.39, 0.29) is 24.5 Å². The summed E-state index contributed by atoms with van der Waals surface area (Å²) in [4.78, 5) is 16.4. The Morgan fingerprint density at radius 2 is 1.96 bits per heavy atom. The summed E-state index contributed by atoms with van der Waals surface area (Å²) in [5.41, 5.74) is 2.10. The summed E-state index contributed by atoms with van der Waals surface area (Å²) in [6.45, 7) is 2.10. The molecule has 5 nitrogen and oxygen atoms in total. The fraction of sp³-hybridized carbons (Fsp3) is 0.143. The van der Waals surface area contributed by atoms with Gasteiger partial charge in [0.25, 0.3) is 0 Å². The first kappa shape index (κ1) is 18.4. The van der Waals surface area contributed by atoms with Crippen molar-refractivity contribution in [2.24, 2.45) is 0 Å². The Morgan fingerprint density at radius 3 is 2.74 bits per heavy atom. The number of rotatable bonds is 6. The molecule has 0 aliphatic heterocycles. The zero-order valence-electron chi connectivity index (χ0n) is 14.9. The standard InChI is InChI=1S/C21H20FN3O2/c1-15(20-10-2-3-11-23-20)24-21(26)25-18-8-5-9-19(13-18)27-14-16-6-4-7-17(22)12-16/h2-13,15H,14H2,1H3,(H2,24,25,26). The lowest BCUT2D eigenvalue weighted by molar-refractivity contribution is 0.249. The summed E-state index contributed by atoms with van der Waals surface area (Å²) in [7, 11) is 0. The number of halogens is 1. The molecule has 0 aliphatic carbocycles. The summed E-state index contributed by atoms with van der Waals surface area (Å²) >= 11 is 0. The molecule has 3 aromatic rings. The lowest BCUT2D eigenvalue weighted by Crippen LogP contribution is -2.31. The van der Waals surface area contributed by atoms with Gasteiger partial charge in [-0.05, 0) is 48.9 Å². The van der Waals surface area contributed by atoms with Crippen LogP contribution in [0.1, 0.15) is 24.2 Å². The van der Waals surface area contributed by atoms with E-state index in [4.69, 9.17) is 4.74 Å². The van der Waals surface area contributed by atoms with Crippen molar-refractivity contribution in [1.82, 2.24) is 10.3 Å². The van der Waals surface area contributed by atoms with E-state index < -0.39 is 0 Å². The zero-order chi connectivity index (χ0) is 19.1. The number of carbonyl (C=O) groups excluding carboxylic acids is 1. The van der Waals surface area contributed by atoms with Gasteiger partial charge >= 0.3 is 6.03 Å². The van der Waals surface area contributed by atoms with Crippen LogP contribution in [0.15, 0.2) is 72.9 Å². The van der Waals surface area contributed by atoms with E-state index in [0.29, 0.717) is 11.4 Å². The van der Waals surface area contributed by atoms with Crippen molar-refractivity contribution in [1.29, 1.82) is 0 Å². The summed E-state index contributed by atoms with van der Waals surface area (Å²) in [6.07, 6.45) is 1.69. The molecule has 0 aliphatic rings. The maximum Gasteiger partial charge on any atom is 0.319 e. The summed E-state index contributed by atoms with van der Waals surface area (Å²) in [5, 5.41) is 5.61. The smallest absolute Gasteiger partial charge is 0.319 e. The minimum atomic E-state index is -0.338. The molecule has 0 radical (unpaired) electrons. The van der Waals surface area contributed by atoms with Gasteiger partial charge in [-0.3, -0.25) is 4.98 Å². The topological polar surface area (TPSA) is 63.2 Å². The van der Waals surface area contributed by atoms with E-state index in [1.165, 1.54) is 12.1 Å². The predicted molar refractivity (Wildman–Crippen MR) is 102 cm³/mol. The third-order valence-corrected chi connectivity index (χ3v) is 3.87. The fourth-order valence-electron chi connectivity index (χ4n) is 2.53. The number of urea groups is 1. The average molecular weight is 365 g/mol. The molecule has 1 atom stereocenters. The molecule has 0 bridgehead atoms. The quantitative estimate of drug-likeness (QED) is 0.666. The van der Waals surface area contributed by atoms with Crippen molar-refractivity contribution in [3.63, 3.8) is 0 Å². The maximum absolute atomic E-state index is 13.2. The van der Waals surface area contributed by atoms with E-state index >= 15 is 0 Å². The van der Waals surface area contributed by atoms with Gasteiger partial charge in [-0.25, -0.2) is 9.18 Å². The van der Waals surface area contributed by atoms with Crippen LogP contribution in [-0.2, 0) is 6.61 Å². The molecule has 0 saturated carbocycles. The molecule has 2 aromatic carbocycles. The average Bonchev–Trinajstić information content (AvgIpc) is 2.67. The monoisotopic (exact) mass is 365 g/mol. The lowest BCUT2D eigenvalue weighted by atomic mass is 10.2. The van der Waals surface area contributed by atoms with Gasteiger partial charge in [0, 0.05) is 18.0 Å². The number of carbonyl (C=O) groups is 1. The number of nitrogens with one attached hydrogen (secondary N) is 2. The fourth-order valence-corrected chi connectivity index (χ4v) is 2.53. The van der Waals surface area contributed by atoms with Crippen LogP contribution in [0, 0.1) is 5.82 Å². The van der Waals surface area contributed by atoms with Gasteiger partial charge in [-0.1, -0.05) is 24.3 Å². The van der Waals surface area contributed by atoms with Crippen molar-refractivity contribution in [2.75, 3.05) is 5.32 Å². The number of benzene rings is 2. The van der Waals surface area contributed by atoms with Gasteiger partial charge < -0.3 is 15.4 Å². The zero-order valence-corrected chi connectivity index (χ0v) is 14.9. The highest BCUT2D eigenvalue weighted by Gasteiger charge is 2.10. The van der Waals surface area contributed by atoms with E-state index in [1.54, 1.807) is 42.6 Å². The molecule has 3 rings (SSSR count). The van der Waals surface area contributed by atoms with Crippen molar-refractivity contribution in [3.8, 4) is 5.75 Å². The third-order valence-electron chi connectivity index (χ3n) is 3.87. The van der Waals surface area contributed by atoms with E-state index in [0.717, 1.165) is 11.3 Å². The second-order valence-corrected chi connectivity index (χ2v) is 6.02.